The highest BCUT2D eigenvalue weighted by Gasteiger charge is 2.28. The molecule has 0 spiro atoms. The maximum Gasteiger partial charge on any atom is 0.406 e. The van der Waals surface area contributed by atoms with Crippen molar-refractivity contribution in [3.63, 3.8) is 0 Å². The lowest BCUT2D eigenvalue weighted by Crippen LogP contribution is -2.21. The van der Waals surface area contributed by atoms with E-state index >= 15 is 0 Å². The zero-order valence-electron chi connectivity index (χ0n) is 12.8. The third-order valence-corrected chi connectivity index (χ3v) is 3.86. The molecule has 2 aromatic rings. The van der Waals surface area contributed by atoms with Crippen molar-refractivity contribution < 1.29 is 13.2 Å². The van der Waals surface area contributed by atoms with Crippen molar-refractivity contribution in [3.8, 4) is 0 Å². The Kier molecular flexibility index (Phi) is 4.23. The summed E-state index contributed by atoms with van der Waals surface area (Å²) in [5.74, 6) is 1.73. The van der Waals surface area contributed by atoms with Crippen LogP contribution < -0.4 is 5.32 Å². The van der Waals surface area contributed by atoms with E-state index in [1.54, 1.807) is 0 Å². The Morgan fingerprint density at radius 3 is 2.78 bits per heavy atom. The maximum atomic E-state index is 12.6. The molecule has 23 heavy (non-hydrogen) atoms. The number of hydrogen-bond acceptors (Lipinski definition) is 4. The van der Waals surface area contributed by atoms with Gasteiger partial charge in [-0.1, -0.05) is 0 Å². The van der Waals surface area contributed by atoms with Crippen LogP contribution in [0.5, 0.6) is 0 Å². The van der Waals surface area contributed by atoms with Crippen molar-refractivity contribution >= 4 is 5.82 Å². The van der Waals surface area contributed by atoms with Gasteiger partial charge in [-0.3, -0.25) is 0 Å². The maximum absolute atomic E-state index is 12.6. The molecule has 2 aromatic heterocycles. The van der Waals surface area contributed by atoms with Gasteiger partial charge in [-0.05, 0) is 32.6 Å². The first kappa shape index (κ1) is 15.8. The van der Waals surface area contributed by atoms with Crippen LogP contribution in [0.15, 0.2) is 12.4 Å². The van der Waals surface area contributed by atoms with Gasteiger partial charge in [-0.15, -0.1) is 0 Å². The molecule has 1 aliphatic carbocycles. The van der Waals surface area contributed by atoms with Crippen molar-refractivity contribution in [1.29, 1.82) is 0 Å². The van der Waals surface area contributed by atoms with Crippen molar-refractivity contribution in [2.45, 2.75) is 51.9 Å². The summed E-state index contributed by atoms with van der Waals surface area (Å²) in [4.78, 5) is 12.9. The molecule has 0 bridgehead atoms. The minimum absolute atomic E-state index is 0.200. The van der Waals surface area contributed by atoms with Crippen LogP contribution in [-0.4, -0.2) is 25.7 Å². The van der Waals surface area contributed by atoms with Crippen LogP contribution in [0, 0.1) is 6.92 Å². The summed E-state index contributed by atoms with van der Waals surface area (Å²) < 4.78 is 38.8. The van der Waals surface area contributed by atoms with Crippen molar-refractivity contribution in [1.82, 2.24) is 19.5 Å². The predicted molar refractivity (Wildman–Crippen MR) is 79.0 cm³/mol. The summed E-state index contributed by atoms with van der Waals surface area (Å²) >= 11 is 0. The summed E-state index contributed by atoms with van der Waals surface area (Å²) in [5, 5.41) is 3.14. The lowest BCUT2D eigenvalue weighted by atomic mass is 9.96. The molecule has 0 radical (unpaired) electrons. The van der Waals surface area contributed by atoms with Crippen LogP contribution in [0.3, 0.4) is 0 Å². The van der Waals surface area contributed by atoms with Gasteiger partial charge in [0.15, 0.2) is 0 Å². The van der Waals surface area contributed by atoms with E-state index in [9.17, 15) is 13.2 Å². The average molecular weight is 325 g/mol. The van der Waals surface area contributed by atoms with Crippen molar-refractivity contribution in [3.05, 3.63) is 35.3 Å². The molecule has 8 heteroatoms. The van der Waals surface area contributed by atoms with Gasteiger partial charge >= 0.3 is 6.18 Å². The fraction of sp³-hybridized carbons (Fsp3) is 0.533. The number of hydrogen-bond donors (Lipinski definition) is 1. The molecule has 1 N–H and O–H groups in total. The van der Waals surface area contributed by atoms with Crippen LogP contribution in [-0.2, 0) is 25.9 Å². The Morgan fingerprint density at radius 1 is 1.22 bits per heavy atom. The summed E-state index contributed by atoms with van der Waals surface area (Å²) in [6.07, 6.45) is 2.47. The normalized spacial score (nSPS) is 14.6. The van der Waals surface area contributed by atoms with Crippen LogP contribution >= 0.6 is 0 Å². The number of aryl methyl sites for hydroxylation is 2. The number of nitrogens with zero attached hydrogens (tertiary/aromatic N) is 4. The number of alkyl halides is 3. The molecule has 2 heterocycles. The largest absolute Gasteiger partial charge is 0.406 e. The summed E-state index contributed by atoms with van der Waals surface area (Å²) in [6, 6.07) is 0. The number of anilines is 1. The molecule has 0 aromatic carbocycles. The second-order valence-corrected chi connectivity index (χ2v) is 5.69. The molecule has 0 aliphatic heterocycles. The first-order valence-electron chi connectivity index (χ1n) is 7.59. The smallest absolute Gasteiger partial charge is 0.362 e. The minimum Gasteiger partial charge on any atom is -0.362 e. The molecule has 3 rings (SSSR count). The molecule has 0 unspecified atom stereocenters. The highest BCUT2D eigenvalue weighted by Crippen LogP contribution is 2.26. The van der Waals surface area contributed by atoms with Gasteiger partial charge in [0.1, 0.15) is 24.0 Å². The molecule has 0 atom stereocenters. The van der Waals surface area contributed by atoms with E-state index in [1.165, 1.54) is 12.4 Å². The SMILES string of the molecule is Cc1nc2c(c(NCc3nccn3CC(F)(F)F)n1)CCCC2. The van der Waals surface area contributed by atoms with Gasteiger partial charge in [0.05, 0.1) is 6.54 Å². The van der Waals surface area contributed by atoms with E-state index in [0.29, 0.717) is 17.5 Å². The summed E-state index contributed by atoms with van der Waals surface area (Å²) in [6.45, 7) is 0.988. The zero-order valence-corrected chi connectivity index (χ0v) is 12.8. The monoisotopic (exact) mass is 325 g/mol. The summed E-state index contributed by atoms with van der Waals surface area (Å²) in [7, 11) is 0. The van der Waals surface area contributed by atoms with E-state index in [4.69, 9.17) is 0 Å². The lowest BCUT2D eigenvalue weighted by Gasteiger charge is -2.19. The third kappa shape index (κ3) is 3.80. The fourth-order valence-corrected chi connectivity index (χ4v) is 2.87. The molecule has 0 amide bonds. The number of imidazole rings is 1. The fourth-order valence-electron chi connectivity index (χ4n) is 2.87. The number of nitrogens with one attached hydrogen (secondary N) is 1. The van der Waals surface area contributed by atoms with E-state index in [0.717, 1.165) is 41.5 Å². The Morgan fingerprint density at radius 2 is 2.00 bits per heavy atom. The third-order valence-electron chi connectivity index (χ3n) is 3.86. The van der Waals surface area contributed by atoms with Crippen molar-refractivity contribution in [2.24, 2.45) is 0 Å². The first-order chi connectivity index (χ1) is 10.9. The topological polar surface area (TPSA) is 55.6 Å². The molecule has 124 valence electrons. The van der Waals surface area contributed by atoms with E-state index < -0.39 is 12.7 Å². The van der Waals surface area contributed by atoms with E-state index in [1.807, 2.05) is 6.92 Å². The summed E-state index contributed by atoms with van der Waals surface area (Å²) in [5.41, 5.74) is 2.13. The lowest BCUT2D eigenvalue weighted by molar-refractivity contribution is -0.141. The first-order valence-corrected chi connectivity index (χ1v) is 7.59. The van der Waals surface area contributed by atoms with Crippen LogP contribution in [0.25, 0.3) is 0 Å². The van der Waals surface area contributed by atoms with Gasteiger partial charge in [-0.25, -0.2) is 15.0 Å². The molecule has 0 saturated carbocycles. The number of aromatic nitrogens is 4. The number of halogens is 3. The van der Waals surface area contributed by atoms with E-state index in [2.05, 4.69) is 20.3 Å². The average Bonchev–Trinajstić information content (AvgIpc) is 2.89. The highest BCUT2D eigenvalue weighted by molar-refractivity contribution is 5.47. The molecule has 0 saturated heterocycles. The molecule has 0 fully saturated rings. The molecular formula is C15H18F3N5. The number of fused-ring (bicyclic) bond motifs is 1. The highest BCUT2D eigenvalue weighted by atomic mass is 19.4. The Labute approximate surface area is 132 Å². The Bertz CT molecular complexity index is 693. The van der Waals surface area contributed by atoms with Crippen LogP contribution in [0.2, 0.25) is 0 Å². The van der Waals surface area contributed by atoms with Gasteiger partial charge in [-0.2, -0.15) is 13.2 Å². The van der Waals surface area contributed by atoms with Gasteiger partial charge in [0.25, 0.3) is 0 Å². The van der Waals surface area contributed by atoms with Crippen LogP contribution in [0.4, 0.5) is 19.0 Å². The Balaban J connectivity index is 1.77. The van der Waals surface area contributed by atoms with Gasteiger partial charge < -0.3 is 9.88 Å². The quantitative estimate of drug-likeness (QED) is 0.939. The standard InChI is InChI=1S/C15H18F3N5/c1-10-21-12-5-3-2-4-11(12)14(22-10)20-8-13-19-6-7-23(13)9-15(16,17)18/h6-7H,2-5,8-9H2,1H3,(H,20,21,22). The predicted octanol–water partition coefficient (Wildman–Crippen LogP) is 3.03. The van der Waals surface area contributed by atoms with Crippen molar-refractivity contribution in [2.75, 3.05) is 5.32 Å². The molecule has 1 aliphatic rings. The van der Waals surface area contributed by atoms with Crippen LogP contribution in [0.1, 0.15) is 35.7 Å². The molecule has 5 nitrogen and oxygen atoms in total. The Hall–Kier alpha value is -2.12. The number of rotatable bonds is 4. The van der Waals surface area contributed by atoms with Gasteiger partial charge in [0.2, 0.25) is 0 Å². The second-order valence-electron chi connectivity index (χ2n) is 5.69. The second kappa shape index (κ2) is 6.17. The van der Waals surface area contributed by atoms with Gasteiger partial charge in [0, 0.05) is 23.7 Å². The zero-order chi connectivity index (χ0) is 16.4. The molecular weight excluding hydrogens is 307 g/mol. The minimum atomic E-state index is -4.26. The van der Waals surface area contributed by atoms with E-state index in [-0.39, 0.29) is 6.54 Å².